The van der Waals surface area contributed by atoms with Gasteiger partial charge < -0.3 is 19.9 Å². The number of rotatable bonds is 7. The minimum absolute atomic E-state index is 0.153. The molecule has 0 atom stereocenters. The van der Waals surface area contributed by atoms with Crippen molar-refractivity contribution in [3.05, 3.63) is 58.7 Å². The number of halogens is 1. The number of benzene rings is 1. The molecule has 1 aromatic carbocycles. The Kier molecular flexibility index (Phi) is 7.61. The number of carbonyl (C=O) groups is 2. The Balaban J connectivity index is 1.14. The Morgan fingerprint density at radius 3 is 2.50 bits per heavy atom. The van der Waals surface area contributed by atoms with Crippen LogP contribution in [0.3, 0.4) is 0 Å². The molecule has 4 rings (SSSR count). The number of hydrogen-bond acceptors (Lipinski definition) is 5. The van der Waals surface area contributed by atoms with Crippen LogP contribution in [-0.2, 0) is 11.3 Å². The van der Waals surface area contributed by atoms with E-state index in [0.29, 0.717) is 29.3 Å². The van der Waals surface area contributed by atoms with E-state index < -0.39 is 0 Å². The minimum atomic E-state index is -0.205. The average Bonchev–Trinajstić information content (AvgIpc) is 2.82. The monoisotopic (exact) mass is 484 g/mol. The maximum absolute atomic E-state index is 12.4. The zero-order valence-electron chi connectivity index (χ0n) is 19.9. The number of anilines is 1. The molecule has 7 nitrogen and oxygen atoms in total. The molecule has 1 spiro atoms. The van der Waals surface area contributed by atoms with E-state index in [1.165, 1.54) is 17.7 Å². The highest BCUT2D eigenvalue weighted by Gasteiger charge is 2.46. The molecular weight excluding hydrogens is 452 g/mol. The summed E-state index contributed by atoms with van der Waals surface area (Å²) >= 11 is 6.20. The molecule has 182 valence electrons. The van der Waals surface area contributed by atoms with Crippen molar-refractivity contribution < 1.29 is 14.3 Å². The summed E-state index contributed by atoms with van der Waals surface area (Å²) in [4.78, 5) is 32.1. The van der Waals surface area contributed by atoms with E-state index in [9.17, 15) is 9.59 Å². The molecule has 1 N–H and O–H groups in total. The standard InChI is InChI=1S/C26H33ClN4O3/c1-30(2)24(32)21-8-9-22(29-23(21)27)28-13-10-20-16-26(17-20)11-14-31(15-12-26)25(33)34-18-19-6-4-3-5-7-19/h3-9,20H,10-18H2,1-2H3,(H,28,29). The van der Waals surface area contributed by atoms with Gasteiger partial charge in [0.25, 0.3) is 5.91 Å². The van der Waals surface area contributed by atoms with Crippen LogP contribution in [0.25, 0.3) is 0 Å². The van der Waals surface area contributed by atoms with Crippen LogP contribution in [0.1, 0.15) is 48.0 Å². The first-order chi connectivity index (χ1) is 16.3. The van der Waals surface area contributed by atoms with Gasteiger partial charge in [0, 0.05) is 33.7 Å². The molecule has 1 aliphatic carbocycles. The van der Waals surface area contributed by atoms with Gasteiger partial charge in [0.2, 0.25) is 0 Å². The lowest BCUT2D eigenvalue weighted by molar-refractivity contribution is -0.0155. The number of carbonyl (C=O) groups excluding carboxylic acids is 2. The van der Waals surface area contributed by atoms with E-state index in [4.69, 9.17) is 16.3 Å². The molecule has 1 saturated carbocycles. The van der Waals surface area contributed by atoms with Crippen molar-refractivity contribution in [3.63, 3.8) is 0 Å². The molecule has 2 heterocycles. The molecule has 1 aliphatic heterocycles. The smallest absolute Gasteiger partial charge is 0.410 e. The summed E-state index contributed by atoms with van der Waals surface area (Å²) < 4.78 is 5.49. The van der Waals surface area contributed by atoms with Gasteiger partial charge in [-0.3, -0.25) is 4.79 Å². The van der Waals surface area contributed by atoms with Crippen LogP contribution in [0.15, 0.2) is 42.5 Å². The number of ether oxygens (including phenoxy) is 1. The Morgan fingerprint density at radius 1 is 1.15 bits per heavy atom. The fourth-order valence-electron chi connectivity index (χ4n) is 5.09. The summed E-state index contributed by atoms with van der Waals surface area (Å²) in [5.41, 5.74) is 1.81. The van der Waals surface area contributed by atoms with Crippen LogP contribution in [-0.4, -0.2) is 60.5 Å². The van der Waals surface area contributed by atoms with E-state index in [1.807, 2.05) is 35.2 Å². The number of piperidine rings is 1. The summed E-state index contributed by atoms with van der Waals surface area (Å²) in [5.74, 6) is 1.23. The van der Waals surface area contributed by atoms with Crippen molar-refractivity contribution in [1.29, 1.82) is 0 Å². The van der Waals surface area contributed by atoms with Crippen LogP contribution >= 0.6 is 11.6 Å². The molecule has 2 aliphatic rings. The Morgan fingerprint density at radius 2 is 1.85 bits per heavy atom. The minimum Gasteiger partial charge on any atom is -0.445 e. The van der Waals surface area contributed by atoms with E-state index >= 15 is 0 Å². The Hall–Kier alpha value is -2.80. The summed E-state index contributed by atoms with van der Waals surface area (Å²) in [6, 6.07) is 13.3. The number of amides is 2. The molecule has 2 fully saturated rings. The van der Waals surface area contributed by atoms with Crippen molar-refractivity contribution in [1.82, 2.24) is 14.8 Å². The zero-order chi connectivity index (χ0) is 24.1. The first-order valence-electron chi connectivity index (χ1n) is 11.9. The predicted octanol–water partition coefficient (Wildman–Crippen LogP) is 5.07. The molecule has 1 saturated heterocycles. The van der Waals surface area contributed by atoms with Crippen molar-refractivity contribution in [2.75, 3.05) is 39.0 Å². The van der Waals surface area contributed by atoms with Gasteiger partial charge in [0.1, 0.15) is 17.6 Å². The molecule has 2 aromatic rings. The number of hydrogen-bond donors (Lipinski definition) is 1. The third kappa shape index (κ3) is 5.81. The van der Waals surface area contributed by atoms with Crippen molar-refractivity contribution in [2.24, 2.45) is 11.3 Å². The molecule has 2 amide bonds. The van der Waals surface area contributed by atoms with Gasteiger partial charge >= 0.3 is 6.09 Å². The molecule has 34 heavy (non-hydrogen) atoms. The van der Waals surface area contributed by atoms with Crippen LogP contribution in [0.2, 0.25) is 5.15 Å². The Labute approximate surface area is 206 Å². The molecule has 8 heteroatoms. The van der Waals surface area contributed by atoms with Crippen molar-refractivity contribution in [2.45, 2.75) is 38.7 Å². The number of aromatic nitrogens is 1. The van der Waals surface area contributed by atoms with E-state index in [0.717, 1.165) is 44.5 Å². The zero-order valence-corrected chi connectivity index (χ0v) is 20.7. The Bertz CT molecular complexity index is 998. The largest absolute Gasteiger partial charge is 0.445 e. The quantitative estimate of drug-likeness (QED) is 0.555. The first kappa shape index (κ1) is 24.3. The fraction of sp³-hybridized carbons (Fsp3) is 0.500. The van der Waals surface area contributed by atoms with E-state index in [2.05, 4.69) is 10.3 Å². The highest BCUT2D eigenvalue weighted by Crippen LogP contribution is 2.53. The lowest BCUT2D eigenvalue weighted by Gasteiger charge is -2.52. The first-order valence-corrected chi connectivity index (χ1v) is 12.3. The molecule has 0 unspecified atom stereocenters. The number of pyridine rings is 1. The molecule has 1 aromatic heterocycles. The number of nitrogens with one attached hydrogen (secondary N) is 1. The highest BCUT2D eigenvalue weighted by atomic mass is 35.5. The molecular formula is C26H33ClN4O3. The van der Waals surface area contributed by atoms with Gasteiger partial charge in [-0.25, -0.2) is 9.78 Å². The van der Waals surface area contributed by atoms with Gasteiger partial charge in [-0.2, -0.15) is 0 Å². The van der Waals surface area contributed by atoms with Gasteiger partial charge in [-0.1, -0.05) is 41.9 Å². The van der Waals surface area contributed by atoms with E-state index in [1.54, 1.807) is 26.2 Å². The second kappa shape index (κ2) is 10.6. The lowest BCUT2D eigenvalue weighted by atomic mass is 9.57. The average molecular weight is 485 g/mol. The summed E-state index contributed by atoms with van der Waals surface area (Å²) in [5, 5.41) is 3.55. The maximum Gasteiger partial charge on any atom is 0.410 e. The van der Waals surface area contributed by atoms with Gasteiger partial charge in [-0.05, 0) is 61.1 Å². The summed E-state index contributed by atoms with van der Waals surface area (Å²) in [6.45, 7) is 2.70. The van der Waals surface area contributed by atoms with Gasteiger partial charge in [-0.15, -0.1) is 0 Å². The van der Waals surface area contributed by atoms with Crippen LogP contribution in [0.5, 0.6) is 0 Å². The summed E-state index contributed by atoms with van der Waals surface area (Å²) in [7, 11) is 3.38. The summed E-state index contributed by atoms with van der Waals surface area (Å²) in [6.07, 6.45) is 5.40. The van der Waals surface area contributed by atoms with Crippen LogP contribution in [0.4, 0.5) is 10.6 Å². The third-order valence-electron chi connectivity index (χ3n) is 7.07. The van der Waals surface area contributed by atoms with Crippen molar-refractivity contribution in [3.8, 4) is 0 Å². The predicted molar refractivity (Wildman–Crippen MR) is 133 cm³/mol. The second-order valence-electron chi connectivity index (χ2n) is 9.75. The third-order valence-corrected chi connectivity index (χ3v) is 7.36. The number of nitrogens with zero attached hydrogens (tertiary/aromatic N) is 3. The lowest BCUT2D eigenvalue weighted by Crippen LogP contribution is -2.49. The SMILES string of the molecule is CN(C)C(=O)c1ccc(NCCC2CC3(CCN(C(=O)OCc4ccccc4)CC3)C2)nc1Cl. The van der Waals surface area contributed by atoms with Gasteiger partial charge in [0.15, 0.2) is 0 Å². The number of likely N-dealkylation sites (tertiary alicyclic amines) is 1. The van der Waals surface area contributed by atoms with Crippen LogP contribution < -0.4 is 5.32 Å². The molecule has 0 bridgehead atoms. The topological polar surface area (TPSA) is 74.8 Å². The molecule has 0 radical (unpaired) electrons. The second-order valence-corrected chi connectivity index (χ2v) is 10.1. The fourth-order valence-corrected chi connectivity index (χ4v) is 5.32. The maximum atomic E-state index is 12.4. The van der Waals surface area contributed by atoms with E-state index in [-0.39, 0.29) is 17.2 Å². The van der Waals surface area contributed by atoms with Gasteiger partial charge in [0.05, 0.1) is 5.56 Å². The van der Waals surface area contributed by atoms with Crippen molar-refractivity contribution >= 4 is 29.4 Å². The normalized spacial score (nSPS) is 17.2. The highest BCUT2D eigenvalue weighted by molar-refractivity contribution is 6.32. The van der Waals surface area contributed by atoms with Crippen LogP contribution in [0, 0.1) is 11.3 Å².